The minimum Gasteiger partial charge on any atom is -0.480 e. The van der Waals surface area contributed by atoms with Gasteiger partial charge in [0, 0.05) is 12.2 Å². The molecule has 5 unspecified atom stereocenters. The largest absolute Gasteiger partial charge is 0.480 e. The Morgan fingerprint density at radius 2 is 1.55 bits per heavy atom. The summed E-state index contributed by atoms with van der Waals surface area (Å²) in [6.45, 7) is 1.35. The van der Waals surface area contributed by atoms with E-state index in [1.165, 1.54) is 18.7 Å². The molecule has 0 fully saturated rings. The molecule has 7 N–H and O–H groups in total. The van der Waals surface area contributed by atoms with Gasteiger partial charge in [-0.2, -0.15) is 24.4 Å². The lowest BCUT2D eigenvalue weighted by Crippen LogP contribution is -2.59. The summed E-state index contributed by atoms with van der Waals surface area (Å²) >= 11 is 5.55. The normalized spacial score (nSPS) is 15.4. The average Bonchev–Trinajstić information content (AvgIpc) is 2.79. The highest BCUT2D eigenvalue weighted by molar-refractivity contribution is 7.98. The summed E-state index contributed by atoms with van der Waals surface area (Å²) in [7, 11) is 0. The number of benzene rings is 1. The number of thioether (sulfide) groups is 1. The van der Waals surface area contributed by atoms with Crippen LogP contribution in [0.4, 0.5) is 0 Å². The first-order chi connectivity index (χ1) is 15.6. The first kappa shape index (κ1) is 28.8. The summed E-state index contributed by atoms with van der Waals surface area (Å²) in [5.41, 5.74) is 6.42. The van der Waals surface area contributed by atoms with Gasteiger partial charge in [0.2, 0.25) is 17.7 Å². The number of carbonyl (C=O) groups is 4. The molecule has 0 bridgehead atoms. The van der Waals surface area contributed by atoms with Crippen LogP contribution in [0.5, 0.6) is 0 Å². The van der Waals surface area contributed by atoms with Gasteiger partial charge in [-0.25, -0.2) is 4.79 Å². The Kier molecular flexibility index (Phi) is 12.9. The van der Waals surface area contributed by atoms with Crippen molar-refractivity contribution in [1.29, 1.82) is 0 Å². The highest BCUT2D eigenvalue weighted by Crippen LogP contribution is 2.06. The van der Waals surface area contributed by atoms with Crippen LogP contribution in [0.1, 0.15) is 18.9 Å². The Hall–Kier alpha value is -2.28. The minimum atomic E-state index is -1.24. The van der Waals surface area contributed by atoms with Crippen LogP contribution < -0.4 is 21.7 Å². The van der Waals surface area contributed by atoms with Gasteiger partial charge in [-0.05, 0) is 30.9 Å². The zero-order valence-electron chi connectivity index (χ0n) is 18.6. The van der Waals surface area contributed by atoms with Crippen molar-refractivity contribution in [2.24, 2.45) is 5.73 Å². The molecule has 1 rings (SSSR count). The van der Waals surface area contributed by atoms with Crippen molar-refractivity contribution >= 4 is 48.1 Å². The van der Waals surface area contributed by atoms with Gasteiger partial charge >= 0.3 is 5.97 Å². The molecular weight excluding hydrogens is 468 g/mol. The molecule has 0 aliphatic carbocycles. The molecule has 184 valence electrons. The predicted octanol–water partition coefficient (Wildman–Crippen LogP) is -0.841. The van der Waals surface area contributed by atoms with Gasteiger partial charge in [0.1, 0.15) is 24.2 Å². The van der Waals surface area contributed by atoms with Gasteiger partial charge in [0.15, 0.2) is 0 Å². The Morgan fingerprint density at radius 1 is 1.00 bits per heavy atom. The van der Waals surface area contributed by atoms with Crippen LogP contribution in [0.3, 0.4) is 0 Å². The van der Waals surface area contributed by atoms with Gasteiger partial charge in [0.25, 0.3) is 0 Å². The van der Waals surface area contributed by atoms with Gasteiger partial charge in [-0.15, -0.1) is 0 Å². The molecule has 1 aromatic rings. The predicted molar refractivity (Wildman–Crippen MR) is 130 cm³/mol. The summed E-state index contributed by atoms with van der Waals surface area (Å²) in [6.07, 6.45) is 1.02. The smallest absolute Gasteiger partial charge is 0.326 e. The van der Waals surface area contributed by atoms with E-state index in [2.05, 4.69) is 28.6 Å². The number of carboxylic acid groups (broad SMARTS) is 1. The molecule has 0 heterocycles. The van der Waals surface area contributed by atoms with E-state index in [0.717, 1.165) is 5.56 Å². The first-order valence-electron chi connectivity index (χ1n) is 10.3. The molecule has 0 saturated carbocycles. The SMILES string of the molecule is CSCCC(NC(=O)C(CS)NC(=O)C(Cc1ccccc1)NC(=O)C(N)C(C)O)C(=O)O. The lowest BCUT2D eigenvalue weighted by Gasteiger charge is -2.25. The number of nitrogens with two attached hydrogens (primary N) is 1. The Bertz CT molecular complexity index is 796. The third kappa shape index (κ3) is 10.0. The van der Waals surface area contributed by atoms with E-state index in [9.17, 15) is 29.4 Å². The van der Waals surface area contributed by atoms with Crippen LogP contribution in [0.15, 0.2) is 30.3 Å². The molecule has 12 heteroatoms. The van der Waals surface area contributed by atoms with Crippen molar-refractivity contribution in [3.05, 3.63) is 35.9 Å². The van der Waals surface area contributed by atoms with Crippen molar-refractivity contribution in [3.8, 4) is 0 Å². The number of hydrogen-bond acceptors (Lipinski definition) is 8. The fourth-order valence-electron chi connectivity index (χ4n) is 2.78. The molecular formula is C21H32N4O6S2. The van der Waals surface area contributed by atoms with E-state index in [0.29, 0.717) is 5.75 Å². The van der Waals surface area contributed by atoms with Crippen LogP contribution in [0.2, 0.25) is 0 Å². The Balaban J connectivity index is 2.95. The summed E-state index contributed by atoms with van der Waals surface area (Å²) in [6, 6.07) is 4.33. The number of hydrogen-bond donors (Lipinski definition) is 7. The molecule has 0 spiro atoms. The topological polar surface area (TPSA) is 171 Å². The molecule has 0 aromatic heterocycles. The van der Waals surface area contributed by atoms with Crippen molar-refractivity contribution in [2.45, 2.75) is 50.0 Å². The maximum absolute atomic E-state index is 13.0. The molecule has 0 saturated heterocycles. The molecule has 33 heavy (non-hydrogen) atoms. The lowest BCUT2D eigenvalue weighted by atomic mass is 10.0. The number of carbonyl (C=O) groups excluding carboxylic acids is 3. The van der Waals surface area contributed by atoms with Gasteiger partial charge < -0.3 is 31.9 Å². The first-order valence-corrected chi connectivity index (χ1v) is 12.3. The molecule has 0 aliphatic heterocycles. The average molecular weight is 501 g/mol. The molecule has 0 aliphatic rings. The highest BCUT2D eigenvalue weighted by Gasteiger charge is 2.30. The van der Waals surface area contributed by atoms with E-state index in [1.54, 1.807) is 30.3 Å². The van der Waals surface area contributed by atoms with Crippen molar-refractivity contribution in [2.75, 3.05) is 17.8 Å². The van der Waals surface area contributed by atoms with Crippen LogP contribution in [0.25, 0.3) is 0 Å². The maximum atomic E-state index is 13.0. The van der Waals surface area contributed by atoms with Crippen molar-refractivity contribution in [1.82, 2.24) is 16.0 Å². The third-order valence-electron chi connectivity index (χ3n) is 4.78. The molecule has 3 amide bonds. The highest BCUT2D eigenvalue weighted by atomic mass is 32.2. The monoisotopic (exact) mass is 500 g/mol. The van der Waals surface area contributed by atoms with Gasteiger partial charge in [0.05, 0.1) is 6.10 Å². The van der Waals surface area contributed by atoms with Gasteiger partial charge in [-0.3, -0.25) is 14.4 Å². The zero-order chi connectivity index (χ0) is 25.0. The van der Waals surface area contributed by atoms with Crippen LogP contribution in [0, 0.1) is 0 Å². The minimum absolute atomic E-state index is 0.0916. The number of rotatable bonds is 14. The molecule has 10 nitrogen and oxygen atoms in total. The van der Waals surface area contributed by atoms with Crippen LogP contribution >= 0.6 is 24.4 Å². The van der Waals surface area contributed by atoms with E-state index in [4.69, 9.17) is 5.73 Å². The zero-order valence-corrected chi connectivity index (χ0v) is 20.3. The van der Waals surface area contributed by atoms with E-state index in [1.807, 2.05) is 6.26 Å². The fourth-order valence-corrected chi connectivity index (χ4v) is 3.51. The van der Waals surface area contributed by atoms with E-state index < -0.39 is 54.0 Å². The number of amides is 3. The quantitative estimate of drug-likeness (QED) is 0.162. The molecule has 5 atom stereocenters. The number of thiol groups is 1. The number of nitrogens with one attached hydrogen (secondary N) is 3. The number of aliphatic hydroxyl groups is 1. The number of carboxylic acids is 1. The second kappa shape index (κ2) is 14.8. The fraction of sp³-hybridized carbons (Fsp3) is 0.524. The van der Waals surface area contributed by atoms with Crippen molar-refractivity contribution < 1.29 is 29.4 Å². The van der Waals surface area contributed by atoms with Crippen LogP contribution in [-0.2, 0) is 25.6 Å². The summed E-state index contributed by atoms with van der Waals surface area (Å²) in [5.74, 6) is -2.83. The van der Waals surface area contributed by atoms with E-state index >= 15 is 0 Å². The number of aliphatic carboxylic acids is 1. The second-order valence-electron chi connectivity index (χ2n) is 7.44. The third-order valence-corrected chi connectivity index (χ3v) is 5.79. The number of aliphatic hydroxyl groups excluding tert-OH is 1. The molecule has 1 aromatic carbocycles. The standard InChI is InChI=1S/C21H32N4O6S2/c1-12(26)17(22)20(29)24-15(10-13-6-4-3-5-7-13)18(27)25-16(11-32)19(28)23-14(21(30)31)8-9-33-2/h3-7,12,14-17,26,32H,8-11,22H2,1-2H3,(H,23,28)(H,24,29)(H,25,27)(H,30,31). The van der Waals surface area contributed by atoms with Gasteiger partial charge in [-0.1, -0.05) is 30.3 Å². The molecule has 0 radical (unpaired) electrons. The summed E-state index contributed by atoms with van der Waals surface area (Å²) < 4.78 is 0. The maximum Gasteiger partial charge on any atom is 0.326 e. The summed E-state index contributed by atoms with van der Waals surface area (Å²) in [5, 5.41) is 26.3. The lowest BCUT2D eigenvalue weighted by molar-refractivity contribution is -0.142. The van der Waals surface area contributed by atoms with Crippen molar-refractivity contribution in [3.63, 3.8) is 0 Å². The summed E-state index contributed by atoms with van der Waals surface area (Å²) in [4.78, 5) is 49.4. The second-order valence-corrected chi connectivity index (χ2v) is 8.79. The van der Waals surface area contributed by atoms with E-state index in [-0.39, 0.29) is 18.6 Å². The Labute approximate surface area is 202 Å². The van der Waals surface area contributed by atoms with Crippen LogP contribution in [-0.4, -0.2) is 81.9 Å². The Morgan fingerprint density at radius 3 is 2.06 bits per heavy atom.